The number of aromatic amines is 1. The Hall–Kier alpha value is -1.42. The molecule has 0 atom stereocenters. The maximum absolute atomic E-state index is 4.52. The summed E-state index contributed by atoms with van der Waals surface area (Å²) in [4.78, 5) is 11.9. The van der Waals surface area contributed by atoms with Crippen LogP contribution in [0.25, 0.3) is 11.0 Å². The monoisotopic (exact) mass is 230 g/mol. The molecule has 0 radical (unpaired) electrons. The zero-order valence-electron chi connectivity index (χ0n) is 9.95. The van der Waals surface area contributed by atoms with Crippen LogP contribution in [0.4, 0.5) is 0 Å². The molecule has 1 aliphatic rings. The second kappa shape index (κ2) is 4.84. The van der Waals surface area contributed by atoms with Gasteiger partial charge < -0.3 is 10.3 Å². The van der Waals surface area contributed by atoms with Gasteiger partial charge in [0, 0.05) is 17.5 Å². The molecule has 4 nitrogen and oxygen atoms in total. The van der Waals surface area contributed by atoms with Crippen LogP contribution in [0.3, 0.4) is 0 Å². The Morgan fingerprint density at radius 1 is 1.12 bits per heavy atom. The van der Waals surface area contributed by atoms with Crippen molar-refractivity contribution in [2.45, 2.75) is 31.6 Å². The summed E-state index contributed by atoms with van der Waals surface area (Å²) >= 11 is 0. The molecule has 2 aromatic rings. The van der Waals surface area contributed by atoms with Crippen molar-refractivity contribution in [1.29, 1.82) is 0 Å². The van der Waals surface area contributed by atoms with Crippen LogP contribution >= 0.6 is 0 Å². The van der Waals surface area contributed by atoms with Crippen LogP contribution in [0.5, 0.6) is 0 Å². The van der Waals surface area contributed by atoms with Crippen LogP contribution in [0.2, 0.25) is 0 Å². The van der Waals surface area contributed by atoms with Gasteiger partial charge in [0.25, 0.3) is 0 Å². The van der Waals surface area contributed by atoms with Crippen molar-refractivity contribution in [3.05, 3.63) is 24.3 Å². The van der Waals surface area contributed by atoms with Crippen LogP contribution in [0.15, 0.2) is 18.6 Å². The van der Waals surface area contributed by atoms with E-state index in [0.717, 1.165) is 18.7 Å². The third-order valence-corrected chi connectivity index (χ3v) is 3.58. The topological polar surface area (TPSA) is 53.6 Å². The number of fused-ring (bicyclic) bond motifs is 1. The molecule has 0 amide bonds. The molecule has 4 heteroatoms. The van der Waals surface area contributed by atoms with Crippen molar-refractivity contribution < 1.29 is 0 Å². The van der Waals surface area contributed by atoms with Crippen LogP contribution < -0.4 is 5.32 Å². The van der Waals surface area contributed by atoms with Crippen molar-refractivity contribution in [2.24, 2.45) is 0 Å². The lowest BCUT2D eigenvalue weighted by atomic mass is 9.91. The summed E-state index contributed by atoms with van der Waals surface area (Å²) in [5.74, 6) is 0.596. The molecule has 2 aromatic heterocycles. The number of hydrogen-bond donors (Lipinski definition) is 2. The molecule has 3 heterocycles. The van der Waals surface area contributed by atoms with E-state index in [-0.39, 0.29) is 0 Å². The Balaban J connectivity index is 1.92. The van der Waals surface area contributed by atoms with Gasteiger partial charge in [-0.25, -0.2) is 9.97 Å². The molecular formula is C13H18N4. The highest BCUT2D eigenvalue weighted by molar-refractivity contribution is 5.78. The molecule has 17 heavy (non-hydrogen) atoms. The minimum atomic E-state index is 0.596. The third-order valence-electron chi connectivity index (χ3n) is 3.58. The quantitative estimate of drug-likeness (QED) is 0.789. The number of aromatic nitrogens is 3. The van der Waals surface area contributed by atoms with Gasteiger partial charge in [0.05, 0.1) is 5.69 Å². The lowest BCUT2D eigenvalue weighted by Crippen LogP contribution is -2.21. The zero-order chi connectivity index (χ0) is 11.5. The number of hydrogen-bond acceptors (Lipinski definition) is 3. The number of nitrogens with zero attached hydrogens (tertiary/aromatic N) is 2. The fourth-order valence-corrected chi connectivity index (χ4v) is 2.71. The second-order valence-corrected chi connectivity index (χ2v) is 4.73. The van der Waals surface area contributed by atoms with E-state index in [9.17, 15) is 0 Å². The first kappa shape index (κ1) is 10.7. The fourth-order valence-electron chi connectivity index (χ4n) is 2.71. The Bertz CT molecular complexity index is 483. The Morgan fingerprint density at radius 2 is 1.94 bits per heavy atom. The zero-order valence-corrected chi connectivity index (χ0v) is 9.95. The van der Waals surface area contributed by atoms with Gasteiger partial charge in [-0.3, -0.25) is 0 Å². The lowest BCUT2D eigenvalue weighted by molar-refractivity contribution is 0.462. The summed E-state index contributed by atoms with van der Waals surface area (Å²) in [5, 5.41) is 4.65. The highest BCUT2D eigenvalue weighted by Crippen LogP contribution is 2.29. The molecule has 0 aliphatic carbocycles. The summed E-state index contributed by atoms with van der Waals surface area (Å²) in [6.45, 7) is 2.27. The van der Waals surface area contributed by atoms with Crippen molar-refractivity contribution in [1.82, 2.24) is 20.3 Å². The molecule has 3 rings (SSSR count). The lowest BCUT2D eigenvalue weighted by Gasteiger charge is -2.20. The predicted molar refractivity (Wildman–Crippen MR) is 68.0 cm³/mol. The van der Waals surface area contributed by atoms with Crippen molar-refractivity contribution in [3.8, 4) is 0 Å². The third kappa shape index (κ3) is 2.17. The average molecular weight is 230 g/mol. The van der Waals surface area contributed by atoms with Crippen molar-refractivity contribution in [2.75, 3.05) is 13.1 Å². The normalized spacial score (nSPS) is 19.1. The molecule has 1 saturated heterocycles. The molecule has 2 N–H and O–H groups in total. The van der Waals surface area contributed by atoms with E-state index in [1.165, 1.54) is 36.8 Å². The van der Waals surface area contributed by atoms with Crippen LogP contribution in [-0.4, -0.2) is 28.0 Å². The van der Waals surface area contributed by atoms with Gasteiger partial charge >= 0.3 is 0 Å². The van der Waals surface area contributed by atoms with Crippen molar-refractivity contribution in [3.63, 3.8) is 0 Å². The first-order valence-corrected chi connectivity index (χ1v) is 6.44. The van der Waals surface area contributed by atoms with Gasteiger partial charge in [-0.05, 0) is 44.8 Å². The first-order valence-electron chi connectivity index (χ1n) is 6.44. The fraction of sp³-hybridized carbons (Fsp3) is 0.538. The second-order valence-electron chi connectivity index (χ2n) is 4.73. The molecule has 90 valence electrons. The van der Waals surface area contributed by atoms with Gasteiger partial charge in [0.1, 0.15) is 12.0 Å². The van der Waals surface area contributed by atoms with Gasteiger partial charge in [0.15, 0.2) is 0 Å². The molecule has 0 aromatic carbocycles. The molecule has 1 aliphatic heterocycles. The summed E-state index contributed by atoms with van der Waals surface area (Å²) in [5.41, 5.74) is 2.20. The SMILES string of the molecule is c1nc(C2CCCNCCC2)c2cc[nH]c2n1. The number of H-pyrrole nitrogens is 1. The number of rotatable bonds is 1. The number of nitrogens with one attached hydrogen (secondary N) is 2. The summed E-state index contributed by atoms with van der Waals surface area (Å²) in [6, 6.07) is 2.10. The largest absolute Gasteiger partial charge is 0.346 e. The Labute approximate surface area is 101 Å². The molecular weight excluding hydrogens is 212 g/mol. The van der Waals surface area contributed by atoms with Gasteiger partial charge in [-0.1, -0.05) is 0 Å². The standard InChI is InChI=1S/C13H18N4/c1-3-10(4-2-7-14-6-1)12-11-5-8-15-13(11)17-9-16-12/h5,8-10,14H,1-4,6-7H2,(H,15,16,17). The predicted octanol–water partition coefficient (Wildman–Crippen LogP) is 2.21. The van der Waals surface area contributed by atoms with E-state index in [1.807, 2.05) is 6.20 Å². The Kier molecular flexibility index (Phi) is 3.05. The van der Waals surface area contributed by atoms with Crippen LogP contribution in [0.1, 0.15) is 37.3 Å². The molecule has 0 spiro atoms. The smallest absolute Gasteiger partial charge is 0.140 e. The van der Waals surface area contributed by atoms with Crippen molar-refractivity contribution >= 4 is 11.0 Å². The van der Waals surface area contributed by atoms with E-state index in [1.54, 1.807) is 6.33 Å². The highest BCUT2D eigenvalue weighted by atomic mass is 14.9. The Morgan fingerprint density at radius 3 is 2.76 bits per heavy atom. The van der Waals surface area contributed by atoms with E-state index in [4.69, 9.17) is 0 Å². The minimum absolute atomic E-state index is 0.596. The first-order chi connectivity index (χ1) is 8.45. The molecule has 0 unspecified atom stereocenters. The summed E-state index contributed by atoms with van der Waals surface area (Å²) in [6.07, 6.45) is 8.56. The maximum atomic E-state index is 4.52. The molecule has 1 fully saturated rings. The van der Waals surface area contributed by atoms with E-state index in [0.29, 0.717) is 5.92 Å². The average Bonchev–Trinajstić information content (AvgIpc) is 2.76. The molecule has 0 saturated carbocycles. The van der Waals surface area contributed by atoms with Crippen LogP contribution in [-0.2, 0) is 0 Å². The molecule has 0 bridgehead atoms. The minimum Gasteiger partial charge on any atom is -0.346 e. The highest BCUT2D eigenvalue weighted by Gasteiger charge is 2.17. The van der Waals surface area contributed by atoms with Gasteiger partial charge in [0.2, 0.25) is 0 Å². The van der Waals surface area contributed by atoms with Crippen LogP contribution in [0, 0.1) is 0 Å². The summed E-state index contributed by atoms with van der Waals surface area (Å²) < 4.78 is 0. The maximum Gasteiger partial charge on any atom is 0.140 e. The van der Waals surface area contributed by atoms with Gasteiger partial charge in [-0.15, -0.1) is 0 Å². The summed E-state index contributed by atoms with van der Waals surface area (Å²) in [7, 11) is 0. The van der Waals surface area contributed by atoms with E-state index >= 15 is 0 Å². The van der Waals surface area contributed by atoms with Gasteiger partial charge in [-0.2, -0.15) is 0 Å². The van der Waals surface area contributed by atoms with E-state index < -0.39 is 0 Å². The van der Waals surface area contributed by atoms with E-state index in [2.05, 4.69) is 26.3 Å².